The summed E-state index contributed by atoms with van der Waals surface area (Å²) < 4.78 is 7.14. The fourth-order valence-electron chi connectivity index (χ4n) is 1.84. The lowest BCUT2D eigenvalue weighted by atomic mass is 10.2. The van der Waals surface area contributed by atoms with Crippen LogP contribution in [-0.2, 0) is 24.4 Å². The minimum absolute atomic E-state index is 0.307. The van der Waals surface area contributed by atoms with E-state index < -0.39 is 5.60 Å². The summed E-state index contributed by atoms with van der Waals surface area (Å²) in [5, 5.41) is 8.00. The van der Waals surface area contributed by atoms with Gasteiger partial charge in [0, 0.05) is 13.1 Å². The predicted octanol–water partition coefficient (Wildman–Crippen LogP) is 0.488. The smallest absolute Gasteiger partial charge is 0.410 e. The van der Waals surface area contributed by atoms with Gasteiger partial charge in [0.2, 0.25) is 0 Å². The lowest BCUT2D eigenvalue weighted by Crippen LogP contribution is -2.41. The highest BCUT2D eigenvalue weighted by Gasteiger charge is 2.27. The van der Waals surface area contributed by atoms with Crippen LogP contribution in [0.2, 0.25) is 0 Å². The number of carbonyl (C=O) groups is 1. The first-order valence-electron chi connectivity index (χ1n) is 6.00. The Hall–Kier alpha value is -1.63. The number of hydrogen-bond donors (Lipinski definition) is 1. The molecule has 0 saturated carbocycles. The first kappa shape index (κ1) is 12.8. The predicted molar refractivity (Wildman–Crippen MR) is 64.6 cm³/mol. The van der Waals surface area contributed by atoms with E-state index in [9.17, 15) is 4.79 Å². The molecule has 7 heteroatoms. The molecule has 0 atom stereocenters. The van der Waals surface area contributed by atoms with E-state index in [4.69, 9.17) is 10.5 Å². The quantitative estimate of drug-likeness (QED) is 0.787. The van der Waals surface area contributed by atoms with Crippen LogP contribution in [0.15, 0.2) is 0 Å². The highest BCUT2D eigenvalue weighted by Crippen LogP contribution is 2.17. The fourth-order valence-corrected chi connectivity index (χ4v) is 1.84. The van der Waals surface area contributed by atoms with Gasteiger partial charge in [0.05, 0.1) is 18.8 Å². The van der Waals surface area contributed by atoms with Crippen LogP contribution < -0.4 is 5.73 Å². The van der Waals surface area contributed by atoms with Crippen molar-refractivity contribution in [2.75, 3.05) is 6.54 Å². The maximum atomic E-state index is 12.0. The van der Waals surface area contributed by atoms with Crippen LogP contribution in [-0.4, -0.2) is 38.1 Å². The van der Waals surface area contributed by atoms with Gasteiger partial charge in [-0.15, -0.1) is 5.10 Å². The molecule has 0 radical (unpaired) electrons. The number of nitrogens with zero attached hydrogens (tertiary/aromatic N) is 4. The molecule has 0 aromatic carbocycles. The Kier molecular flexibility index (Phi) is 3.25. The number of ether oxygens (including phenoxy) is 1. The lowest BCUT2D eigenvalue weighted by Gasteiger charge is -2.30. The van der Waals surface area contributed by atoms with E-state index in [1.54, 1.807) is 9.58 Å². The first-order valence-corrected chi connectivity index (χ1v) is 6.00. The summed E-state index contributed by atoms with van der Waals surface area (Å²) in [6, 6.07) is 0. The second-order valence-electron chi connectivity index (χ2n) is 5.31. The van der Waals surface area contributed by atoms with E-state index in [0.717, 1.165) is 11.4 Å². The van der Waals surface area contributed by atoms with Gasteiger partial charge in [0.1, 0.15) is 11.3 Å². The third kappa shape index (κ3) is 2.61. The number of fused-ring (bicyclic) bond motifs is 1. The summed E-state index contributed by atoms with van der Waals surface area (Å²) in [5.74, 6) is 0. The minimum Gasteiger partial charge on any atom is -0.444 e. The van der Waals surface area contributed by atoms with Gasteiger partial charge in [-0.2, -0.15) is 0 Å². The molecule has 2 heterocycles. The summed E-state index contributed by atoms with van der Waals surface area (Å²) >= 11 is 0. The average Bonchev–Trinajstić information content (AvgIpc) is 2.68. The lowest BCUT2D eigenvalue weighted by molar-refractivity contribution is 0.0193. The van der Waals surface area contributed by atoms with Crippen molar-refractivity contribution in [2.45, 2.75) is 46.0 Å². The third-order valence-corrected chi connectivity index (χ3v) is 2.69. The Morgan fingerprint density at radius 2 is 2.17 bits per heavy atom. The van der Waals surface area contributed by atoms with Gasteiger partial charge in [0.15, 0.2) is 0 Å². The van der Waals surface area contributed by atoms with Gasteiger partial charge in [-0.05, 0) is 20.8 Å². The Morgan fingerprint density at radius 3 is 2.78 bits per heavy atom. The normalized spacial score (nSPS) is 15.4. The van der Waals surface area contributed by atoms with E-state index in [1.807, 2.05) is 20.8 Å². The summed E-state index contributed by atoms with van der Waals surface area (Å²) in [7, 11) is 0. The Balaban J connectivity index is 2.09. The van der Waals surface area contributed by atoms with Gasteiger partial charge in [-0.25, -0.2) is 9.48 Å². The van der Waals surface area contributed by atoms with Gasteiger partial charge in [-0.3, -0.25) is 0 Å². The zero-order valence-electron chi connectivity index (χ0n) is 11.0. The number of carbonyl (C=O) groups excluding carboxylic acids is 1. The third-order valence-electron chi connectivity index (χ3n) is 2.69. The molecule has 1 aliphatic heterocycles. The van der Waals surface area contributed by atoms with Crippen LogP contribution in [0.3, 0.4) is 0 Å². The molecule has 7 nitrogen and oxygen atoms in total. The Morgan fingerprint density at radius 1 is 1.44 bits per heavy atom. The van der Waals surface area contributed by atoms with Crippen molar-refractivity contribution in [1.29, 1.82) is 0 Å². The van der Waals surface area contributed by atoms with Crippen molar-refractivity contribution in [2.24, 2.45) is 5.73 Å². The number of hydrogen-bond acceptors (Lipinski definition) is 5. The molecular formula is C11H19N5O2. The highest BCUT2D eigenvalue weighted by atomic mass is 16.6. The molecule has 0 fully saturated rings. The van der Waals surface area contributed by atoms with Crippen LogP contribution in [0, 0.1) is 0 Å². The molecule has 0 unspecified atom stereocenters. The molecule has 0 bridgehead atoms. The molecule has 1 aromatic heterocycles. The van der Waals surface area contributed by atoms with E-state index in [1.165, 1.54) is 0 Å². The SMILES string of the molecule is CC(C)(C)OC(=O)N1CCn2nnc(CN)c2C1. The molecule has 1 aliphatic rings. The molecule has 100 valence electrons. The van der Waals surface area contributed by atoms with Crippen LogP contribution in [0.1, 0.15) is 32.2 Å². The van der Waals surface area contributed by atoms with Crippen molar-refractivity contribution >= 4 is 6.09 Å². The highest BCUT2D eigenvalue weighted by molar-refractivity contribution is 5.68. The molecule has 2 rings (SSSR count). The first-order chi connectivity index (χ1) is 8.40. The molecule has 0 saturated heterocycles. The topological polar surface area (TPSA) is 86.3 Å². The van der Waals surface area contributed by atoms with E-state index >= 15 is 0 Å². The standard InChI is InChI=1S/C11H19N5O2/c1-11(2,3)18-10(17)15-4-5-16-9(7-15)8(6-12)13-14-16/h4-7,12H2,1-3H3. The number of aromatic nitrogens is 3. The van der Waals surface area contributed by atoms with E-state index in [-0.39, 0.29) is 6.09 Å². The molecule has 2 N–H and O–H groups in total. The second kappa shape index (κ2) is 4.56. The van der Waals surface area contributed by atoms with E-state index in [0.29, 0.717) is 26.2 Å². The fraction of sp³-hybridized carbons (Fsp3) is 0.727. The molecule has 1 aromatic rings. The number of amides is 1. The van der Waals surface area contributed by atoms with Crippen molar-refractivity contribution in [1.82, 2.24) is 19.9 Å². The summed E-state index contributed by atoms with van der Waals surface area (Å²) in [6.45, 7) is 7.55. The number of nitrogens with two attached hydrogens (primary N) is 1. The summed E-state index contributed by atoms with van der Waals surface area (Å²) in [5.41, 5.74) is 6.75. The summed E-state index contributed by atoms with van der Waals surface area (Å²) in [4.78, 5) is 13.6. The van der Waals surface area contributed by atoms with Crippen molar-refractivity contribution in [3.63, 3.8) is 0 Å². The number of rotatable bonds is 1. The van der Waals surface area contributed by atoms with Crippen molar-refractivity contribution in [3.05, 3.63) is 11.4 Å². The van der Waals surface area contributed by atoms with Gasteiger partial charge < -0.3 is 15.4 Å². The monoisotopic (exact) mass is 253 g/mol. The van der Waals surface area contributed by atoms with Crippen molar-refractivity contribution in [3.8, 4) is 0 Å². The van der Waals surface area contributed by atoms with Crippen LogP contribution in [0.5, 0.6) is 0 Å². The molecule has 1 amide bonds. The van der Waals surface area contributed by atoms with Gasteiger partial charge in [-0.1, -0.05) is 5.21 Å². The van der Waals surface area contributed by atoms with Crippen LogP contribution in [0.4, 0.5) is 4.79 Å². The van der Waals surface area contributed by atoms with Gasteiger partial charge >= 0.3 is 6.09 Å². The van der Waals surface area contributed by atoms with Gasteiger partial charge in [0.25, 0.3) is 0 Å². The second-order valence-corrected chi connectivity index (χ2v) is 5.31. The van der Waals surface area contributed by atoms with Crippen LogP contribution in [0.25, 0.3) is 0 Å². The molecule has 0 aliphatic carbocycles. The average molecular weight is 253 g/mol. The summed E-state index contributed by atoms with van der Waals surface area (Å²) in [6.07, 6.45) is -0.307. The van der Waals surface area contributed by atoms with Crippen LogP contribution >= 0.6 is 0 Å². The Labute approximate surface area is 106 Å². The largest absolute Gasteiger partial charge is 0.444 e. The minimum atomic E-state index is -0.482. The zero-order chi connectivity index (χ0) is 13.3. The van der Waals surface area contributed by atoms with E-state index in [2.05, 4.69) is 10.3 Å². The maximum absolute atomic E-state index is 12.0. The van der Waals surface area contributed by atoms with Crippen molar-refractivity contribution < 1.29 is 9.53 Å². The molecule has 0 spiro atoms. The zero-order valence-corrected chi connectivity index (χ0v) is 11.0. The maximum Gasteiger partial charge on any atom is 0.410 e. The molecule has 18 heavy (non-hydrogen) atoms. The Bertz CT molecular complexity index is 435. The molecular weight excluding hydrogens is 234 g/mol.